The Hall–Kier alpha value is -4.12. The lowest BCUT2D eigenvalue weighted by atomic mass is 9.96. The van der Waals surface area contributed by atoms with E-state index in [2.05, 4.69) is 64.1 Å². The number of benzene rings is 3. The lowest BCUT2D eigenvalue weighted by Crippen LogP contribution is -2.50. The highest BCUT2D eigenvalue weighted by Crippen LogP contribution is 2.30. The van der Waals surface area contributed by atoms with Crippen LogP contribution in [0.4, 0.5) is 5.69 Å². The first-order chi connectivity index (χ1) is 20.5. The van der Waals surface area contributed by atoms with Gasteiger partial charge in [-0.05, 0) is 35.5 Å². The molecule has 42 heavy (non-hydrogen) atoms. The molecule has 0 spiro atoms. The molecule has 0 unspecified atom stereocenters. The second-order valence-corrected chi connectivity index (χ2v) is 10.2. The highest BCUT2D eigenvalue weighted by Gasteiger charge is 2.29. The van der Waals surface area contributed by atoms with E-state index in [0.717, 1.165) is 13.1 Å². The fraction of sp³-hybridized carbons (Fsp3) is 0.312. The number of ether oxygens (including phenoxy) is 2. The smallest absolute Gasteiger partial charge is 0.306 e. The maximum absolute atomic E-state index is 13.6. The van der Waals surface area contributed by atoms with E-state index in [1.807, 2.05) is 17.0 Å². The molecule has 3 aromatic rings. The van der Waals surface area contributed by atoms with Crippen LogP contribution in [0.1, 0.15) is 40.4 Å². The molecule has 9 nitrogen and oxygen atoms in total. The van der Waals surface area contributed by atoms with Gasteiger partial charge >= 0.3 is 5.97 Å². The molecule has 220 valence electrons. The monoisotopic (exact) mass is 588 g/mol. The largest absolute Gasteiger partial charge is 0.463 e. The van der Waals surface area contributed by atoms with Crippen molar-refractivity contribution in [2.24, 2.45) is 0 Å². The number of amides is 2. The Morgan fingerprint density at radius 3 is 2.02 bits per heavy atom. The summed E-state index contributed by atoms with van der Waals surface area (Å²) in [5.74, 6) is -1.03. The maximum atomic E-state index is 13.6. The van der Waals surface area contributed by atoms with Crippen molar-refractivity contribution in [1.29, 1.82) is 0 Å². The van der Waals surface area contributed by atoms with Crippen molar-refractivity contribution in [2.45, 2.75) is 18.9 Å². The number of hydrogen-bond acceptors (Lipinski definition) is 7. The first-order valence-electron chi connectivity index (χ1n) is 13.9. The van der Waals surface area contributed by atoms with Gasteiger partial charge in [-0.1, -0.05) is 72.8 Å². The third kappa shape index (κ3) is 8.69. The minimum absolute atomic E-state index is 0.0476. The van der Waals surface area contributed by atoms with Crippen LogP contribution in [0.3, 0.4) is 0 Å². The molecule has 0 bridgehead atoms. The highest BCUT2D eigenvalue weighted by atomic mass is 32.1. The van der Waals surface area contributed by atoms with Crippen LogP contribution in [0.25, 0.3) is 0 Å². The van der Waals surface area contributed by atoms with Crippen LogP contribution in [-0.2, 0) is 19.1 Å². The Labute approximate surface area is 251 Å². The van der Waals surface area contributed by atoms with E-state index >= 15 is 0 Å². The molecule has 1 heterocycles. The van der Waals surface area contributed by atoms with Crippen LogP contribution in [0, 0.1) is 0 Å². The lowest BCUT2D eigenvalue weighted by Gasteiger charge is -2.40. The average molecular weight is 589 g/mol. The van der Waals surface area contributed by atoms with Crippen molar-refractivity contribution in [1.82, 2.24) is 15.1 Å². The molecule has 4 rings (SSSR count). The number of nitrogens with zero attached hydrogens (tertiary/aromatic N) is 2. The van der Waals surface area contributed by atoms with Gasteiger partial charge in [-0.2, -0.15) is 0 Å². The molecule has 1 saturated heterocycles. The second-order valence-electron chi connectivity index (χ2n) is 9.81. The molecule has 3 aromatic carbocycles. The summed E-state index contributed by atoms with van der Waals surface area (Å²) in [5, 5.41) is 5.58. The molecule has 1 fully saturated rings. The van der Waals surface area contributed by atoms with Crippen molar-refractivity contribution in [3.8, 4) is 0 Å². The van der Waals surface area contributed by atoms with Crippen molar-refractivity contribution in [2.75, 3.05) is 51.8 Å². The van der Waals surface area contributed by atoms with Crippen molar-refractivity contribution < 1.29 is 23.9 Å². The molecule has 0 radical (unpaired) electrons. The Kier molecular flexibility index (Phi) is 11.6. The number of para-hydroxylation sites is 1. The number of nitrogens with one attached hydrogen (secondary N) is 2. The van der Waals surface area contributed by atoms with E-state index in [9.17, 15) is 14.4 Å². The first-order valence-corrected chi connectivity index (χ1v) is 14.3. The zero-order valence-corrected chi connectivity index (χ0v) is 24.5. The Morgan fingerprint density at radius 1 is 0.810 bits per heavy atom. The summed E-state index contributed by atoms with van der Waals surface area (Å²) in [6.07, 6.45) is -0.153. The molecule has 0 aromatic heterocycles. The Balaban J connectivity index is 1.34. The topological polar surface area (TPSA) is 100 Å². The molecule has 2 amide bonds. The van der Waals surface area contributed by atoms with E-state index in [-0.39, 0.29) is 36.5 Å². The highest BCUT2D eigenvalue weighted by molar-refractivity contribution is 7.80. The molecule has 2 N–H and O–H groups in total. The van der Waals surface area contributed by atoms with Crippen LogP contribution >= 0.6 is 12.2 Å². The fourth-order valence-corrected chi connectivity index (χ4v) is 5.11. The van der Waals surface area contributed by atoms with Gasteiger partial charge in [0.05, 0.1) is 30.3 Å². The molecular formula is C32H36N4O5S. The molecule has 10 heteroatoms. The van der Waals surface area contributed by atoms with Crippen LogP contribution in [0.5, 0.6) is 0 Å². The Bertz CT molecular complexity index is 1310. The van der Waals surface area contributed by atoms with Crippen molar-refractivity contribution >= 4 is 40.8 Å². The van der Waals surface area contributed by atoms with Crippen LogP contribution < -0.4 is 10.6 Å². The maximum Gasteiger partial charge on any atom is 0.306 e. The summed E-state index contributed by atoms with van der Waals surface area (Å²) >= 11 is 5.31. The molecule has 0 aliphatic carbocycles. The summed E-state index contributed by atoms with van der Waals surface area (Å²) in [5.41, 5.74) is 3.40. The second kappa shape index (κ2) is 15.8. The van der Waals surface area contributed by atoms with Gasteiger partial charge in [-0.3, -0.25) is 19.3 Å². The molecule has 0 saturated carbocycles. The van der Waals surface area contributed by atoms with Gasteiger partial charge in [-0.15, -0.1) is 0 Å². The van der Waals surface area contributed by atoms with E-state index in [1.165, 1.54) is 18.2 Å². The minimum atomic E-state index is -0.490. The molecular weight excluding hydrogens is 552 g/mol. The fourth-order valence-electron chi connectivity index (χ4n) is 4.89. The normalized spacial score (nSPS) is 13.4. The van der Waals surface area contributed by atoms with Crippen molar-refractivity contribution in [3.63, 3.8) is 0 Å². The van der Waals surface area contributed by atoms with Crippen LogP contribution in [-0.4, -0.2) is 79.2 Å². The number of carbonyl (C=O) groups is 3. The predicted octanol–water partition coefficient (Wildman–Crippen LogP) is 4.02. The van der Waals surface area contributed by atoms with Crippen molar-refractivity contribution in [3.05, 3.63) is 102 Å². The molecule has 0 atom stereocenters. The van der Waals surface area contributed by atoms with Crippen LogP contribution in [0.2, 0.25) is 0 Å². The summed E-state index contributed by atoms with van der Waals surface area (Å²) in [6.45, 7) is 3.02. The van der Waals surface area contributed by atoms with Gasteiger partial charge in [-0.25, -0.2) is 0 Å². The van der Waals surface area contributed by atoms with Gasteiger partial charge < -0.3 is 25.0 Å². The number of piperazine rings is 1. The van der Waals surface area contributed by atoms with Gasteiger partial charge in [0, 0.05) is 39.7 Å². The summed E-state index contributed by atoms with van der Waals surface area (Å²) in [6, 6.07) is 28.0. The van der Waals surface area contributed by atoms with E-state index in [0.29, 0.717) is 30.9 Å². The molecule has 1 aliphatic rings. The zero-order valence-electron chi connectivity index (χ0n) is 23.7. The third-order valence-electron chi connectivity index (χ3n) is 6.96. The first kappa shape index (κ1) is 30.8. The minimum Gasteiger partial charge on any atom is -0.463 e. The number of methoxy groups -OCH3 is 1. The number of rotatable bonds is 11. The molecule has 1 aliphatic heterocycles. The number of anilines is 1. The third-order valence-corrected chi connectivity index (χ3v) is 7.17. The van der Waals surface area contributed by atoms with E-state index in [1.54, 1.807) is 24.3 Å². The van der Waals surface area contributed by atoms with Gasteiger partial charge in [0.15, 0.2) is 5.11 Å². The standard InChI is InChI=1S/C32H36N4O5S/c1-40-22-23-41-29(38)17-16-28(37)34-32(42)33-27-15-9-8-14-26(27)31(39)36-20-18-35(19-21-36)30(24-10-4-2-5-11-24)25-12-6-3-7-13-25/h2-15,30H,16-23H2,1H3,(H2,33,34,37,42). The zero-order chi connectivity index (χ0) is 29.7. The number of hydrogen-bond donors (Lipinski definition) is 2. The quantitative estimate of drug-likeness (QED) is 0.197. The Morgan fingerprint density at radius 2 is 1.40 bits per heavy atom. The predicted molar refractivity (Wildman–Crippen MR) is 165 cm³/mol. The summed E-state index contributed by atoms with van der Waals surface area (Å²) < 4.78 is 9.79. The van der Waals surface area contributed by atoms with Gasteiger partial charge in [0.2, 0.25) is 5.91 Å². The van der Waals surface area contributed by atoms with Gasteiger partial charge in [0.25, 0.3) is 5.91 Å². The van der Waals surface area contributed by atoms with Crippen LogP contribution in [0.15, 0.2) is 84.9 Å². The number of carbonyl (C=O) groups excluding carboxylic acids is 3. The summed E-state index contributed by atoms with van der Waals surface area (Å²) in [7, 11) is 1.51. The number of esters is 1. The lowest BCUT2D eigenvalue weighted by molar-refractivity contribution is -0.146. The van der Waals surface area contributed by atoms with E-state index < -0.39 is 11.9 Å². The number of thiocarbonyl (C=S) groups is 1. The SMILES string of the molecule is COCCOC(=O)CCC(=O)NC(=S)Nc1ccccc1C(=O)N1CCN(C(c2ccccc2)c2ccccc2)CC1. The summed E-state index contributed by atoms with van der Waals surface area (Å²) in [4.78, 5) is 41.9. The van der Waals surface area contributed by atoms with E-state index in [4.69, 9.17) is 21.7 Å². The van der Waals surface area contributed by atoms with Gasteiger partial charge in [0.1, 0.15) is 6.61 Å². The average Bonchev–Trinajstić information content (AvgIpc) is 3.02.